The van der Waals surface area contributed by atoms with E-state index in [1.54, 1.807) is 12.1 Å². The molecule has 2 fully saturated rings. The summed E-state index contributed by atoms with van der Waals surface area (Å²) in [6.07, 6.45) is 4.01. The highest BCUT2D eigenvalue weighted by atomic mass is 19.1. The van der Waals surface area contributed by atoms with Crippen molar-refractivity contribution in [3.63, 3.8) is 0 Å². The van der Waals surface area contributed by atoms with Crippen LogP contribution in [0.1, 0.15) is 48.4 Å². The molecule has 3 aliphatic rings. The number of likely N-dealkylation sites (tertiary alicyclic amines) is 1. The number of fused-ring (bicyclic) bond motifs is 3. The third-order valence-corrected chi connectivity index (χ3v) is 6.80. The number of rotatable bonds is 2. The van der Waals surface area contributed by atoms with E-state index in [1.807, 2.05) is 17.0 Å². The lowest BCUT2D eigenvalue weighted by Crippen LogP contribution is -2.45. The van der Waals surface area contributed by atoms with Gasteiger partial charge in [-0.2, -0.15) is 0 Å². The Morgan fingerprint density at radius 3 is 2.53 bits per heavy atom. The summed E-state index contributed by atoms with van der Waals surface area (Å²) in [7, 11) is 0. The lowest BCUT2D eigenvalue weighted by atomic mass is 9.81. The van der Waals surface area contributed by atoms with Gasteiger partial charge in [0.15, 0.2) is 0 Å². The molecule has 2 heterocycles. The minimum atomic E-state index is -0.276. The highest BCUT2D eigenvalue weighted by molar-refractivity contribution is 5.81. The first-order valence-corrected chi connectivity index (χ1v) is 10.7. The van der Waals surface area contributed by atoms with Gasteiger partial charge in [-0.25, -0.2) is 4.39 Å². The number of carbonyl (C=O) groups excluding carboxylic acids is 1. The quantitative estimate of drug-likeness (QED) is 0.751. The Morgan fingerprint density at radius 2 is 1.83 bits per heavy atom. The van der Waals surface area contributed by atoms with Gasteiger partial charge in [0.05, 0.1) is 18.7 Å². The maximum Gasteiger partial charge on any atom is 0.226 e. The monoisotopic (exact) mass is 404 g/mol. The summed E-state index contributed by atoms with van der Waals surface area (Å²) < 4.78 is 13.1. The van der Waals surface area contributed by atoms with Crippen LogP contribution in [0.3, 0.4) is 0 Å². The number of amides is 1. The first-order valence-electron chi connectivity index (χ1n) is 10.7. The molecule has 1 aliphatic carbocycles. The van der Waals surface area contributed by atoms with Gasteiger partial charge in [-0.1, -0.05) is 18.3 Å². The van der Waals surface area contributed by atoms with Crippen molar-refractivity contribution in [1.82, 2.24) is 4.90 Å². The maximum absolute atomic E-state index is 13.1. The zero-order chi connectivity index (χ0) is 20.7. The van der Waals surface area contributed by atoms with Crippen LogP contribution in [0.4, 0.5) is 10.1 Å². The topological polar surface area (TPSA) is 52.6 Å². The van der Waals surface area contributed by atoms with Gasteiger partial charge in [0.25, 0.3) is 0 Å². The van der Waals surface area contributed by atoms with E-state index in [1.165, 1.54) is 12.1 Å². The second-order valence-electron chi connectivity index (χ2n) is 8.55. The van der Waals surface area contributed by atoms with Crippen LogP contribution in [0.15, 0.2) is 42.5 Å². The number of halogens is 1. The van der Waals surface area contributed by atoms with Gasteiger partial charge in [-0.05, 0) is 67.3 Å². The van der Waals surface area contributed by atoms with Crippen molar-refractivity contribution in [3.05, 3.63) is 65.0 Å². The molecular formula is C25H25FN2O2. The third-order valence-electron chi connectivity index (χ3n) is 6.80. The molecule has 0 bridgehead atoms. The predicted molar refractivity (Wildman–Crippen MR) is 113 cm³/mol. The number of aliphatic hydroxyl groups is 1. The average Bonchev–Trinajstić information content (AvgIpc) is 3.17. The van der Waals surface area contributed by atoms with Crippen molar-refractivity contribution in [1.29, 1.82) is 0 Å². The average molecular weight is 404 g/mol. The fraction of sp³-hybridized carbons (Fsp3) is 0.400. The molecule has 2 aromatic rings. The van der Waals surface area contributed by atoms with Crippen LogP contribution in [-0.2, 0) is 4.79 Å². The minimum Gasteiger partial charge on any atom is -0.394 e. The molecule has 5 rings (SSSR count). The van der Waals surface area contributed by atoms with E-state index in [-0.39, 0.29) is 42.3 Å². The largest absolute Gasteiger partial charge is 0.394 e. The lowest BCUT2D eigenvalue weighted by molar-refractivity contribution is -0.139. The van der Waals surface area contributed by atoms with E-state index < -0.39 is 0 Å². The molecule has 0 aromatic heterocycles. The first-order chi connectivity index (χ1) is 14.6. The maximum atomic E-state index is 13.1. The summed E-state index contributed by atoms with van der Waals surface area (Å²) >= 11 is 0. The Bertz CT molecular complexity index is 1020. The molecule has 1 amide bonds. The van der Waals surface area contributed by atoms with Crippen molar-refractivity contribution < 1.29 is 14.3 Å². The highest BCUT2D eigenvalue weighted by Crippen LogP contribution is 2.48. The molecule has 2 aromatic carbocycles. The molecule has 30 heavy (non-hydrogen) atoms. The smallest absolute Gasteiger partial charge is 0.226 e. The van der Waals surface area contributed by atoms with Crippen LogP contribution < -0.4 is 5.32 Å². The van der Waals surface area contributed by atoms with Gasteiger partial charge in [0.2, 0.25) is 5.91 Å². The number of carbonyl (C=O) groups is 1. The highest BCUT2D eigenvalue weighted by Gasteiger charge is 2.47. The van der Waals surface area contributed by atoms with Crippen molar-refractivity contribution >= 4 is 11.6 Å². The number of benzene rings is 2. The normalized spacial score (nSPS) is 24.7. The predicted octanol–water partition coefficient (Wildman–Crippen LogP) is 3.70. The Hall–Kier alpha value is -2.84. The Kier molecular flexibility index (Phi) is 4.96. The minimum absolute atomic E-state index is 0.0147. The SMILES string of the molecule is O=C(C1CCC1)N1CC[C@@H]2[C@@H](CO)Nc3ccc(C#Cc4ccc(F)cc4)cc3[C@@H]21. The summed E-state index contributed by atoms with van der Waals surface area (Å²) in [5.41, 5.74) is 3.67. The Morgan fingerprint density at radius 1 is 1.10 bits per heavy atom. The van der Waals surface area contributed by atoms with Gasteiger partial charge < -0.3 is 15.3 Å². The number of hydrogen-bond acceptors (Lipinski definition) is 3. The van der Waals surface area contributed by atoms with Crippen molar-refractivity contribution in [3.8, 4) is 11.8 Å². The van der Waals surface area contributed by atoms with Gasteiger partial charge in [0.1, 0.15) is 5.82 Å². The molecule has 2 N–H and O–H groups in total. The van der Waals surface area contributed by atoms with Gasteiger partial charge in [0, 0.05) is 35.2 Å². The van der Waals surface area contributed by atoms with Crippen LogP contribution >= 0.6 is 0 Å². The van der Waals surface area contributed by atoms with Crippen molar-refractivity contribution in [2.75, 3.05) is 18.5 Å². The van der Waals surface area contributed by atoms with Gasteiger partial charge >= 0.3 is 0 Å². The Balaban J connectivity index is 1.48. The lowest BCUT2D eigenvalue weighted by Gasteiger charge is -2.41. The molecule has 0 spiro atoms. The molecule has 3 atom stereocenters. The molecule has 4 nitrogen and oxygen atoms in total. The number of nitrogens with zero attached hydrogens (tertiary/aromatic N) is 1. The summed E-state index contributed by atoms with van der Waals surface area (Å²) in [6, 6.07) is 12.1. The van der Waals surface area contributed by atoms with Crippen LogP contribution in [0.5, 0.6) is 0 Å². The van der Waals surface area contributed by atoms with Crippen LogP contribution in [0.25, 0.3) is 0 Å². The van der Waals surface area contributed by atoms with Gasteiger partial charge in [-0.3, -0.25) is 4.79 Å². The number of anilines is 1. The Labute approximate surface area is 176 Å². The van der Waals surface area contributed by atoms with E-state index >= 15 is 0 Å². The molecule has 0 radical (unpaired) electrons. The van der Waals surface area contributed by atoms with Crippen LogP contribution in [-0.4, -0.2) is 35.1 Å². The van der Waals surface area contributed by atoms with Crippen molar-refractivity contribution in [2.24, 2.45) is 11.8 Å². The van der Waals surface area contributed by atoms with Crippen LogP contribution in [0, 0.1) is 29.5 Å². The zero-order valence-electron chi connectivity index (χ0n) is 16.8. The van der Waals surface area contributed by atoms with E-state index in [2.05, 4.69) is 23.2 Å². The first kappa shape index (κ1) is 19.1. The number of aliphatic hydroxyl groups excluding tert-OH is 1. The molecule has 2 aliphatic heterocycles. The number of hydrogen-bond donors (Lipinski definition) is 2. The molecule has 1 saturated heterocycles. The molecule has 0 unspecified atom stereocenters. The second kappa shape index (κ2) is 7.77. The fourth-order valence-corrected chi connectivity index (χ4v) is 4.95. The summed E-state index contributed by atoms with van der Waals surface area (Å²) in [4.78, 5) is 15.1. The summed E-state index contributed by atoms with van der Waals surface area (Å²) in [5.74, 6) is 6.61. The van der Waals surface area contributed by atoms with E-state index in [4.69, 9.17) is 0 Å². The summed E-state index contributed by atoms with van der Waals surface area (Å²) in [6.45, 7) is 0.798. The van der Waals surface area contributed by atoms with E-state index in [9.17, 15) is 14.3 Å². The molecular weight excluding hydrogens is 379 g/mol. The van der Waals surface area contributed by atoms with Crippen LogP contribution in [0.2, 0.25) is 0 Å². The van der Waals surface area contributed by atoms with E-state index in [0.717, 1.165) is 54.6 Å². The third kappa shape index (κ3) is 3.36. The fourth-order valence-electron chi connectivity index (χ4n) is 4.95. The molecule has 154 valence electrons. The molecule has 5 heteroatoms. The zero-order valence-corrected chi connectivity index (χ0v) is 16.8. The van der Waals surface area contributed by atoms with E-state index in [0.29, 0.717) is 0 Å². The van der Waals surface area contributed by atoms with Gasteiger partial charge in [-0.15, -0.1) is 0 Å². The number of nitrogens with one attached hydrogen (secondary N) is 1. The standard InChI is InChI=1S/C25H25FN2O2/c26-19-9-6-16(7-10-19)4-5-17-8-11-22-21(14-17)24-20(23(15-29)27-22)12-13-28(24)25(30)18-2-1-3-18/h6-11,14,18,20,23-24,27,29H,1-3,12-13,15H2/t20-,23-,24-/m1/s1. The second-order valence-corrected chi connectivity index (χ2v) is 8.55. The molecule has 1 saturated carbocycles. The van der Waals surface area contributed by atoms with Crippen molar-refractivity contribution in [2.45, 2.75) is 37.8 Å². The summed E-state index contributed by atoms with van der Waals surface area (Å²) in [5, 5.41) is 13.4.